The minimum atomic E-state index is -0.561. The van der Waals surface area contributed by atoms with E-state index in [2.05, 4.69) is 10.4 Å². The summed E-state index contributed by atoms with van der Waals surface area (Å²) in [5.41, 5.74) is 6.90. The van der Waals surface area contributed by atoms with Crippen LogP contribution in [0.3, 0.4) is 0 Å². The van der Waals surface area contributed by atoms with E-state index in [9.17, 15) is 9.18 Å². The van der Waals surface area contributed by atoms with Crippen LogP contribution in [0.4, 0.5) is 15.8 Å². The number of anilines is 2. The molecule has 0 fully saturated rings. The molecule has 0 aliphatic heterocycles. The molecule has 1 aromatic heterocycles. The van der Waals surface area contributed by atoms with Gasteiger partial charge in [0.25, 0.3) is 5.91 Å². The van der Waals surface area contributed by atoms with Gasteiger partial charge < -0.3 is 11.1 Å². The van der Waals surface area contributed by atoms with Crippen LogP contribution in [0.25, 0.3) is 0 Å². The number of carbonyl (C=O) groups is 1. The van der Waals surface area contributed by atoms with Crippen LogP contribution in [0.1, 0.15) is 16.2 Å². The standard InChI is InChI=1S/C12H13FN4O/c1-7-5-11(17(2)16-7)12(18)15-8-3-4-10(14)9(13)6-8/h3-6H,14H2,1-2H3,(H,15,18). The van der Waals surface area contributed by atoms with Crippen LogP contribution in [0.15, 0.2) is 24.3 Å². The van der Waals surface area contributed by atoms with Gasteiger partial charge in [-0.25, -0.2) is 4.39 Å². The minimum absolute atomic E-state index is 0.0457. The predicted molar refractivity (Wildman–Crippen MR) is 66.7 cm³/mol. The van der Waals surface area contributed by atoms with E-state index in [-0.39, 0.29) is 11.6 Å². The van der Waals surface area contributed by atoms with Crippen LogP contribution >= 0.6 is 0 Å². The fraction of sp³-hybridized carbons (Fsp3) is 0.167. The smallest absolute Gasteiger partial charge is 0.273 e. The van der Waals surface area contributed by atoms with Crippen LogP contribution in [0.2, 0.25) is 0 Å². The minimum Gasteiger partial charge on any atom is -0.396 e. The molecule has 0 saturated heterocycles. The topological polar surface area (TPSA) is 72.9 Å². The molecule has 3 N–H and O–H groups in total. The number of halogens is 1. The van der Waals surface area contributed by atoms with E-state index in [4.69, 9.17) is 5.73 Å². The first-order valence-electron chi connectivity index (χ1n) is 5.34. The molecule has 1 amide bonds. The zero-order valence-electron chi connectivity index (χ0n) is 10.1. The first-order chi connectivity index (χ1) is 8.47. The molecular formula is C12H13FN4O. The molecule has 0 bridgehead atoms. The summed E-state index contributed by atoms with van der Waals surface area (Å²) in [4.78, 5) is 11.9. The average Bonchev–Trinajstić information content (AvgIpc) is 2.63. The molecule has 1 aromatic carbocycles. The zero-order valence-corrected chi connectivity index (χ0v) is 10.1. The van der Waals surface area contributed by atoms with Gasteiger partial charge in [-0.15, -0.1) is 0 Å². The van der Waals surface area contributed by atoms with Gasteiger partial charge in [0.1, 0.15) is 11.5 Å². The van der Waals surface area contributed by atoms with E-state index in [1.807, 2.05) is 0 Å². The molecule has 0 saturated carbocycles. The van der Waals surface area contributed by atoms with Crippen molar-refractivity contribution in [3.05, 3.63) is 41.5 Å². The summed E-state index contributed by atoms with van der Waals surface area (Å²) >= 11 is 0. The molecule has 0 aliphatic carbocycles. The highest BCUT2D eigenvalue weighted by molar-refractivity contribution is 6.03. The van der Waals surface area contributed by atoms with Gasteiger partial charge in [0.15, 0.2) is 0 Å². The summed E-state index contributed by atoms with van der Waals surface area (Å²) in [7, 11) is 1.67. The second kappa shape index (κ2) is 4.48. The Hall–Kier alpha value is -2.37. The first-order valence-corrected chi connectivity index (χ1v) is 5.34. The van der Waals surface area contributed by atoms with E-state index >= 15 is 0 Å². The highest BCUT2D eigenvalue weighted by atomic mass is 19.1. The van der Waals surface area contributed by atoms with Crippen LogP contribution in [0, 0.1) is 12.7 Å². The number of hydrogen-bond donors (Lipinski definition) is 2. The maximum atomic E-state index is 13.2. The molecule has 6 heteroatoms. The fourth-order valence-electron chi connectivity index (χ4n) is 1.62. The maximum Gasteiger partial charge on any atom is 0.273 e. The molecule has 0 spiro atoms. The van der Waals surface area contributed by atoms with Gasteiger partial charge >= 0.3 is 0 Å². The van der Waals surface area contributed by atoms with Crippen molar-refractivity contribution in [2.24, 2.45) is 7.05 Å². The molecule has 2 aromatic rings. The number of nitrogen functional groups attached to an aromatic ring is 1. The number of amides is 1. The van der Waals surface area contributed by atoms with Gasteiger partial charge in [-0.3, -0.25) is 9.48 Å². The molecular weight excluding hydrogens is 235 g/mol. The monoisotopic (exact) mass is 248 g/mol. The number of nitrogens with zero attached hydrogens (tertiary/aromatic N) is 2. The Bertz CT molecular complexity index is 606. The van der Waals surface area contributed by atoms with Crippen molar-refractivity contribution in [1.82, 2.24) is 9.78 Å². The lowest BCUT2D eigenvalue weighted by Crippen LogP contribution is -2.16. The van der Waals surface area contributed by atoms with Crippen LogP contribution in [-0.2, 0) is 7.05 Å². The Kier molecular flexibility index (Phi) is 3.01. The second-order valence-electron chi connectivity index (χ2n) is 3.98. The van der Waals surface area contributed by atoms with Crippen LogP contribution < -0.4 is 11.1 Å². The highest BCUT2D eigenvalue weighted by Gasteiger charge is 2.12. The molecule has 2 rings (SSSR count). The summed E-state index contributed by atoms with van der Waals surface area (Å²) in [6, 6.07) is 5.78. The van der Waals surface area contributed by atoms with Crippen molar-refractivity contribution < 1.29 is 9.18 Å². The molecule has 1 heterocycles. The highest BCUT2D eigenvalue weighted by Crippen LogP contribution is 2.16. The third-order valence-corrected chi connectivity index (χ3v) is 2.49. The Labute approximate surface area is 103 Å². The van der Waals surface area contributed by atoms with E-state index in [0.717, 1.165) is 5.69 Å². The normalized spacial score (nSPS) is 10.4. The van der Waals surface area contributed by atoms with Gasteiger partial charge in [0, 0.05) is 12.7 Å². The van der Waals surface area contributed by atoms with E-state index in [0.29, 0.717) is 11.4 Å². The summed E-state index contributed by atoms with van der Waals surface area (Å²) < 4.78 is 14.7. The lowest BCUT2D eigenvalue weighted by atomic mass is 10.2. The van der Waals surface area contributed by atoms with Crippen molar-refractivity contribution in [2.45, 2.75) is 6.92 Å². The largest absolute Gasteiger partial charge is 0.396 e. The predicted octanol–water partition coefficient (Wildman–Crippen LogP) is 1.70. The van der Waals surface area contributed by atoms with Crippen molar-refractivity contribution in [2.75, 3.05) is 11.1 Å². The summed E-state index contributed by atoms with van der Waals surface area (Å²) in [6.45, 7) is 1.79. The molecule has 0 aliphatic rings. The Balaban J connectivity index is 2.21. The summed E-state index contributed by atoms with van der Waals surface area (Å²) in [5, 5.41) is 6.65. The molecule has 5 nitrogen and oxygen atoms in total. The Morgan fingerprint density at radius 1 is 1.44 bits per heavy atom. The van der Waals surface area contributed by atoms with Gasteiger partial charge in [-0.2, -0.15) is 5.10 Å². The number of nitrogens with one attached hydrogen (secondary N) is 1. The van der Waals surface area contributed by atoms with Crippen LogP contribution in [0.5, 0.6) is 0 Å². The zero-order chi connectivity index (χ0) is 13.3. The molecule has 0 unspecified atom stereocenters. The third-order valence-electron chi connectivity index (χ3n) is 2.49. The molecule has 0 radical (unpaired) electrons. The number of carbonyl (C=O) groups excluding carboxylic acids is 1. The van der Waals surface area contributed by atoms with E-state index < -0.39 is 5.82 Å². The maximum absolute atomic E-state index is 13.2. The fourth-order valence-corrected chi connectivity index (χ4v) is 1.62. The van der Waals surface area contributed by atoms with Gasteiger partial charge in [-0.1, -0.05) is 0 Å². The van der Waals surface area contributed by atoms with E-state index in [1.54, 1.807) is 26.1 Å². The van der Waals surface area contributed by atoms with Gasteiger partial charge in [0.2, 0.25) is 0 Å². The molecule has 0 atom stereocenters. The summed E-state index contributed by atoms with van der Waals surface area (Å²) in [5.74, 6) is -0.906. The Morgan fingerprint density at radius 3 is 2.72 bits per heavy atom. The van der Waals surface area contributed by atoms with Crippen molar-refractivity contribution in [3.63, 3.8) is 0 Å². The summed E-state index contributed by atoms with van der Waals surface area (Å²) in [6.07, 6.45) is 0. The third kappa shape index (κ3) is 2.32. The van der Waals surface area contributed by atoms with Crippen molar-refractivity contribution in [1.29, 1.82) is 0 Å². The second-order valence-corrected chi connectivity index (χ2v) is 3.98. The van der Waals surface area contributed by atoms with Crippen molar-refractivity contribution >= 4 is 17.3 Å². The quantitative estimate of drug-likeness (QED) is 0.794. The number of nitrogens with two attached hydrogens (primary N) is 1. The van der Waals surface area contributed by atoms with Gasteiger partial charge in [-0.05, 0) is 31.2 Å². The average molecular weight is 248 g/mol. The molecule has 94 valence electrons. The lowest BCUT2D eigenvalue weighted by Gasteiger charge is -2.06. The van der Waals surface area contributed by atoms with Crippen LogP contribution in [-0.4, -0.2) is 15.7 Å². The van der Waals surface area contributed by atoms with E-state index in [1.165, 1.54) is 16.8 Å². The molecule has 18 heavy (non-hydrogen) atoms. The number of rotatable bonds is 2. The first kappa shape index (κ1) is 12.1. The number of aromatic nitrogens is 2. The lowest BCUT2D eigenvalue weighted by molar-refractivity contribution is 0.101. The number of benzene rings is 1. The Morgan fingerprint density at radius 2 is 2.17 bits per heavy atom. The van der Waals surface area contributed by atoms with Gasteiger partial charge in [0.05, 0.1) is 11.4 Å². The number of aryl methyl sites for hydroxylation is 2. The SMILES string of the molecule is Cc1cc(C(=O)Nc2ccc(N)c(F)c2)n(C)n1. The number of hydrogen-bond acceptors (Lipinski definition) is 3. The van der Waals surface area contributed by atoms with Crippen molar-refractivity contribution in [3.8, 4) is 0 Å².